The number of rotatable bonds is 2. The van der Waals surface area contributed by atoms with Crippen molar-refractivity contribution in [3.63, 3.8) is 0 Å². The third kappa shape index (κ3) is 2.52. The summed E-state index contributed by atoms with van der Waals surface area (Å²) >= 11 is 0. The van der Waals surface area contributed by atoms with Gasteiger partial charge in [-0.2, -0.15) is 0 Å². The molecule has 2 aliphatic rings. The molecule has 20 heavy (non-hydrogen) atoms. The first-order chi connectivity index (χ1) is 9.54. The summed E-state index contributed by atoms with van der Waals surface area (Å²) in [5, 5.41) is 13.7. The van der Waals surface area contributed by atoms with Crippen LogP contribution in [0.1, 0.15) is 30.1 Å². The normalized spacial score (nSPS) is 33.0. The highest BCUT2D eigenvalue weighted by Crippen LogP contribution is 2.35. The first-order valence-corrected chi connectivity index (χ1v) is 7.42. The number of ether oxygens (including phenoxy) is 1. The molecule has 5 nitrogen and oxygen atoms in total. The Hall–Kier alpha value is -1.20. The lowest BCUT2D eigenvalue weighted by molar-refractivity contribution is -0.0240. The first kappa shape index (κ1) is 13.8. The Balaban J connectivity index is 1.77. The van der Waals surface area contributed by atoms with Crippen LogP contribution in [0.15, 0.2) is 0 Å². The van der Waals surface area contributed by atoms with Gasteiger partial charge in [0.05, 0.1) is 17.5 Å². The van der Waals surface area contributed by atoms with Crippen molar-refractivity contribution in [3.05, 3.63) is 17.2 Å². The van der Waals surface area contributed by atoms with Crippen LogP contribution in [0, 0.1) is 32.6 Å². The van der Waals surface area contributed by atoms with Crippen LogP contribution in [0.4, 0.5) is 0 Å². The third-order valence-electron chi connectivity index (χ3n) is 4.57. The maximum Gasteiger partial charge on any atom is 0.162 e. The molecule has 1 aliphatic carbocycles. The van der Waals surface area contributed by atoms with E-state index >= 15 is 0 Å². The predicted octanol–water partition coefficient (Wildman–Crippen LogP) is 1.14. The summed E-state index contributed by atoms with van der Waals surface area (Å²) < 4.78 is 6.09. The van der Waals surface area contributed by atoms with Crippen molar-refractivity contribution in [2.75, 3.05) is 13.1 Å². The Bertz CT molecular complexity index is 483. The van der Waals surface area contributed by atoms with E-state index in [-0.39, 0.29) is 6.10 Å². The SMILES string of the molecule is Cc1nc(C)c(O[C@@H]2C[C@@H]3CNC[C@@H]3C[C@H]2O)c(C)n1. The summed E-state index contributed by atoms with van der Waals surface area (Å²) in [6.07, 6.45) is 1.20. The van der Waals surface area contributed by atoms with Crippen molar-refractivity contribution in [3.8, 4) is 5.75 Å². The van der Waals surface area contributed by atoms with Gasteiger partial charge in [-0.1, -0.05) is 0 Å². The second-order valence-electron chi connectivity index (χ2n) is 6.14. The van der Waals surface area contributed by atoms with Crippen LogP contribution in [-0.4, -0.2) is 40.4 Å². The molecule has 1 saturated carbocycles. The van der Waals surface area contributed by atoms with E-state index in [9.17, 15) is 5.11 Å². The zero-order chi connectivity index (χ0) is 14.3. The first-order valence-electron chi connectivity index (χ1n) is 7.42. The fourth-order valence-electron chi connectivity index (χ4n) is 3.58. The van der Waals surface area contributed by atoms with Crippen LogP contribution < -0.4 is 10.1 Å². The average molecular weight is 277 g/mol. The number of nitrogens with zero attached hydrogens (tertiary/aromatic N) is 2. The van der Waals surface area contributed by atoms with Crippen molar-refractivity contribution in [1.29, 1.82) is 0 Å². The highest BCUT2D eigenvalue weighted by atomic mass is 16.5. The Labute approximate surface area is 119 Å². The highest BCUT2D eigenvalue weighted by molar-refractivity contribution is 5.31. The molecule has 3 rings (SSSR count). The molecule has 2 heterocycles. The van der Waals surface area contributed by atoms with Gasteiger partial charge in [0.25, 0.3) is 0 Å². The minimum atomic E-state index is -0.392. The molecule has 2 fully saturated rings. The number of nitrogens with one attached hydrogen (secondary N) is 1. The summed E-state index contributed by atoms with van der Waals surface area (Å²) in [7, 11) is 0. The van der Waals surface area contributed by atoms with Gasteiger partial charge in [-0.05, 0) is 58.5 Å². The van der Waals surface area contributed by atoms with Gasteiger partial charge in [-0.25, -0.2) is 9.97 Å². The summed E-state index contributed by atoms with van der Waals surface area (Å²) in [5.41, 5.74) is 1.71. The standard InChI is InChI=1S/C15H23N3O2/c1-8-15(9(2)18-10(3)17-8)20-14-5-12-7-16-6-11(12)4-13(14)19/h11-14,16,19H,4-7H2,1-3H3/t11-,12+,13+,14+/m0/s1. The molecular formula is C15H23N3O2. The molecule has 0 unspecified atom stereocenters. The van der Waals surface area contributed by atoms with E-state index in [1.165, 1.54) is 0 Å². The summed E-state index contributed by atoms with van der Waals surface area (Å²) in [4.78, 5) is 8.72. The van der Waals surface area contributed by atoms with Crippen LogP contribution in [0.25, 0.3) is 0 Å². The minimum Gasteiger partial charge on any atom is -0.484 e. The van der Waals surface area contributed by atoms with Gasteiger partial charge >= 0.3 is 0 Å². The third-order valence-corrected chi connectivity index (χ3v) is 4.57. The fourth-order valence-corrected chi connectivity index (χ4v) is 3.58. The topological polar surface area (TPSA) is 67.3 Å². The maximum absolute atomic E-state index is 10.3. The van der Waals surface area contributed by atoms with Gasteiger partial charge in [-0.15, -0.1) is 0 Å². The Kier molecular flexibility index (Phi) is 3.65. The van der Waals surface area contributed by atoms with E-state index in [0.29, 0.717) is 11.8 Å². The van der Waals surface area contributed by atoms with Crippen molar-refractivity contribution in [2.24, 2.45) is 11.8 Å². The molecule has 2 N–H and O–H groups in total. The van der Waals surface area contributed by atoms with Gasteiger partial charge in [0.15, 0.2) is 5.75 Å². The molecule has 0 radical (unpaired) electrons. The Morgan fingerprint density at radius 3 is 2.30 bits per heavy atom. The van der Waals surface area contributed by atoms with Crippen molar-refractivity contribution in [2.45, 2.75) is 45.8 Å². The number of aromatic nitrogens is 2. The second-order valence-corrected chi connectivity index (χ2v) is 6.14. The zero-order valence-corrected chi connectivity index (χ0v) is 12.4. The highest BCUT2D eigenvalue weighted by Gasteiger charge is 2.40. The number of hydrogen-bond acceptors (Lipinski definition) is 5. The lowest BCUT2D eigenvalue weighted by Crippen LogP contribution is -2.42. The van der Waals surface area contributed by atoms with Gasteiger partial charge in [0.1, 0.15) is 11.9 Å². The fraction of sp³-hybridized carbons (Fsp3) is 0.733. The van der Waals surface area contributed by atoms with Gasteiger partial charge < -0.3 is 15.2 Å². The molecule has 4 atom stereocenters. The smallest absolute Gasteiger partial charge is 0.162 e. The molecule has 1 aromatic rings. The van der Waals surface area contributed by atoms with E-state index in [4.69, 9.17) is 4.74 Å². The minimum absolute atomic E-state index is 0.139. The van der Waals surface area contributed by atoms with Crippen LogP contribution in [0.2, 0.25) is 0 Å². The zero-order valence-electron chi connectivity index (χ0n) is 12.4. The Morgan fingerprint density at radius 2 is 1.65 bits per heavy atom. The number of fused-ring (bicyclic) bond motifs is 1. The van der Waals surface area contributed by atoms with Gasteiger partial charge in [0.2, 0.25) is 0 Å². The number of aliphatic hydroxyl groups is 1. The lowest BCUT2D eigenvalue weighted by atomic mass is 9.78. The Morgan fingerprint density at radius 1 is 1.05 bits per heavy atom. The van der Waals surface area contributed by atoms with Crippen LogP contribution in [-0.2, 0) is 0 Å². The molecule has 1 aromatic heterocycles. The summed E-state index contributed by atoms with van der Waals surface area (Å²) in [5.74, 6) is 2.72. The van der Waals surface area contributed by atoms with E-state index < -0.39 is 6.10 Å². The molecule has 0 spiro atoms. The van der Waals surface area contributed by atoms with E-state index in [1.807, 2.05) is 20.8 Å². The van der Waals surface area contributed by atoms with Crippen LogP contribution in [0.3, 0.4) is 0 Å². The van der Waals surface area contributed by atoms with Crippen LogP contribution >= 0.6 is 0 Å². The lowest BCUT2D eigenvalue weighted by Gasteiger charge is -2.35. The molecule has 5 heteroatoms. The summed E-state index contributed by atoms with van der Waals surface area (Å²) in [6.45, 7) is 7.83. The molecule has 0 aromatic carbocycles. The maximum atomic E-state index is 10.3. The van der Waals surface area contributed by atoms with E-state index in [1.54, 1.807) is 0 Å². The second kappa shape index (κ2) is 5.30. The van der Waals surface area contributed by atoms with Gasteiger partial charge in [-0.3, -0.25) is 0 Å². The van der Waals surface area contributed by atoms with Gasteiger partial charge in [0, 0.05) is 0 Å². The number of aryl methyl sites for hydroxylation is 3. The largest absolute Gasteiger partial charge is 0.484 e. The molecule has 0 amide bonds. The molecular weight excluding hydrogens is 254 g/mol. The quantitative estimate of drug-likeness (QED) is 0.848. The number of aliphatic hydroxyl groups excluding tert-OH is 1. The molecule has 1 saturated heterocycles. The number of hydrogen-bond donors (Lipinski definition) is 2. The average Bonchev–Trinajstić information content (AvgIpc) is 2.80. The van der Waals surface area contributed by atoms with Crippen LogP contribution in [0.5, 0.6) is 5.75 Å². The van der Waals surface area contributed by atoms with Crippen molar-refractivity contribution in [1.82, 2.24) is 15.3 Å². The van der Waals surface area contributed by atoms with E-state index in [2.05, 4.69) is 15.3 Å². The molecule has 0 bridgehead atoms. The predicted molar refractivity (Wildman–Crippen MR) is 75.7 cm³/mol. The monoisotopic (exact) mass is 277 g/mol. The van der Waals surface area contributed by atoms with Crippen molar-refractivity contribution < 1.29 is 9.84 Å². The van der Waals surface area contributed by atoms with Crippen molar-refractivity contribution >= 4 is 0 Å². The summed E-state index contributed by atoms with van der Waals surface area (Å²) in [6, 6.07) is 0. The van der Waals surface area contributed by atoms with E-state index in [0.717, 1.165) is 48.9 Å². The molecule has 110 valence electrons. The molecule has 1 aliphatic heterocycles.